The molecule has 19 heavy (non-hydrogen) atoms. The molecule has 0 aliphatic heterocycles. The predicted octanol–water partition coefficient (Wildman–Crippen LogP) is 3.46. The molecular formula is C14H33N2O2P. The maximum Gasteiger partial charge on any atom is 0.189 e. The summed E-state index contributed by atoms with van der Waals surface area (Å²) in [5.41, 5.74) is 0. The molecule has 0 saturated heterocycles. The first kappa shape index (κ1) is 19.3. The summed E-state index contributed by atoms with van der Waals surface area (Å²) in [6.07, 6.45) is 0. The van der Waals surface area contributed by atoms with E-state index >= 15 is 0 Å². The molecule has 0 aromatic heterocycles. The molecule has 0 radical (unpaired) electrons. The van der Waals surface area contributed by atoms with E-state index in [-0.39, 0.29) is 6.61 Å². The van der Waals surface area contributed by atoms with E-state index in [2.05, 4.69) is 64.7 Å². The number of rotatable bonds is 9. The maximum absolute atomic E-state index is 9.08. The van der Waals surface area contributed by atoms with Crippen molar-refractivity contribution >= 4 is 8.45 Å². The zero-order valence-corrected chi connectivity index (χ0v) is 14.8. The quantitative estimate of drug-likeness (QED) is 0.660. The summed E-state index contributed by atoms with van der Waals surface area (Å²) >= 11 is 0. The van der Waals surface area contributed by atoms with Crippen LogP contribution in [0.4, 0.5) is 0 Å². The van der Waals surface area contributed by atoms with Crippen LogP contribution >= 0.6 is 8.45 Å². The first-order chi connectivity index (χ1) is 8.73. The summed E-state index contributed by atoms with van der Waals surface area (Å²) in [6, 6.07) is 1.68. The molecule has 0 unspecified atom stereocenters. The van der Waals surface area contributed by atoms with Gasteiger partial charge in [-0.05, 0) is 55.4 Å². The molecule has 0 aromatic carbocycles. The fraction of sp³-hybridized carbons (Fsp3) is 1.00. The van der Waals surface area contributed by atoms with Crippen LogP contribution in [-0.4, -0.2) is 51.8 Å². The van der Waals surface area contributed by atoms with Gasteiger partial charge in [-0.1, -0.05) is 0 Å². The molecule has 0 atom stereocenters. The number of nitrogens with zero attached hydrogens (tertiary/aromatic N) is 2. The minimum atomic E-state index is -0.845. The highest BCUT2D eigenvalue weighted by Crippen LogP contribution is 2.50. The summed E-state index contributed by atoms with van der Waals surface area (Å²) in [7, 11) is -0.845. The minimum absolute atomic E-state index is 0.0763. The van der Waals surface area contributed by atoms with Crippen molar-refractivity contribution in [3.8, 4) is 0 Å². The van der Waals surface area contributed by atoms with Crippen LogP contribution in [0, 0.1) is 0 Å². The Morgan fingerprint density at radius 1 is 0.789 bits per heavy atom. The Hall–Kier alpha value is 0.270. The minimum Gasteiger partial charge on any atom is -0.394 e. The van der Waals surface area contributed by atoms with Crippen molar-refractivity contribution in [3.63, 3.8) is 0 Å². The smallest absolute Gasteiger partial charge is 0.189 e. The van der Waals surface area contributed by atoms with Crippen LogP contribution in [0.1, 0.15) is 55.4 Å². The molecule has 0 fully saturated rings. The van der Waals surface area contributed by atoms with Gasteiger partial charge < -0.3 is 9.63 Å². The fourth-order valence-corrected chi connectivity index (χ4v) is 4.69. The van der Waals surface area contributed by atoms with Crippen LogP contribution in [-0.2, 0) is 4.52 Å². The Kier molecular flexibility index (Phi) is 9.38. The Labute approximate surface area is 121 Å². The van der Waals surface area contributed by atoms with Gasteiger partial charge in [0.15, 0.2) is 8.45 Å². The second-order valence-electron chi connectivity index (χ2n) is 5.94. The summed E-state index contributed by atoms with van der Waals surface area (Å²) < 4.78 is 10.9. The number of aliphatic hydroxyl groups excluding tert-OH is 1. The Balaban J connectivity index is 5.24. The zero-order valence-electron chi connectivity index (χ0n) is 13.9. The Morgan fingerprint density at radius 2 is 1.11 bits per heavy atom. The monoisotopic (exact) mass is 292 g/mol. The van der Waals surface area contributed by atoms with Crippen LogP contribution in [0.3, 0.4) is 0 Å². The number of aliphatic hydroxyl groups is 1. The van der Waals surface area contributed by atoms with Gasteiger partial charge in [-0.25, -0.2) is 9.34 Å². The van der Waals surface area contributed by atoms with Crippen LogP contribution in [0.2, 0.25) is 0 Å². The van der Waals surface area contributed by atoms with Crippen molar-refractivity contribution in [2.24, 2.45) is 0 Å². The van der Waals surface area contributed by atoms with Gasteiger partial charge in [-0.15, -0.1) is 0 Å². The van der Waals surface area contributed by atoms with Crippen LogP contribution in [0.25, 0.3) is 0 Å². The molecule has 0 rings (SSSR count). The van der Waals surface area contributed by atoms with Gasteiger partial charge in [0.05, 0.1) is 13.2 Å². The molecule has 0 bridgehead atoms. The van der Waals surface area contributed by atoms with Crippen LogP contribution in [0.5, 0.6) is 0 Å². The molecule has 5 heteroatoms. The normalized spacial score (nSPS) is 13.3. The molecule has 0 aliphatic rings. The van der Waals surface area contributed by atoms with Crippen molar-refractivity contribution < 1.29 is 9.63 Å². The lowest BCUT2D eigenvalue weighted by Gasteiger charge is -2.45. The van der Waals surface area contributed by atoms with Gasteiger partial charge in [-0.2, -0.15) is 0 Å². The predicted molar refractivity (Wildman–Crippen MR) is 84.2 cm³/mol. The highest BCUT2D eigenvalue weighted by atomic mass is 31.2. The van der Waals surface area contributed by atoms with Gasteiger partial charge >= 0.3 is 0 Å². The molecule has 0 amide bonds. The SMILES string of the molecule is CC(C)N(C(C)C)P(OCCO)N(C(C)C)C(C)C. The first-order valence-electron chi connectivity index (χ1n) is 7.34. The number of hydrogen-bond donors (Lipinski definition) is 1. The lowest BCUT2D eigenvalue weighted by molar-refractivity contribution is 0.156. The maximum atomic E-state index is 9.08. The van der Waals surface area contributed by atoms with Gasteiger partial charge in [0.2, 0.25) is 0 Å². The van der Waals surface area contributed by atoms with Crippen molar-refractivity contribution in [2.75, 3.05) is 13.2 Å². The molecule has 0 saturated carbocycles. The molecule has 0 aromatic rings. The van der Waals surface area contributed by atoms with E-state index in [1.165, 1.54) is 0 Å². The Bertz CT molecular complexity index is 199. The van der Waals surface area contributed by atoms with E-state index in [4.69, 9.17) is 9.63 Å². The Morgan fingerprint density at radius 3 is 1.32 bits per heavy atom. The van der Waals surface area contributed by atoms with E-state index in [0.29, 0.717) is 30.8 Å². The average molecular weight is 292 g/mol. The molecule has 1 N–H and O–H groups in total. The van der Waals surface area contributed by atoms with Gasteiger partial charge in [0.25, 0.3) is 0 Å². The van der Waals surface area contributed by atoms with Crippen molar-refractivity contribution in [2.45, 2.75) is 79.6 Å². The molecular weight excluding hydrogens is 259 g/mol. The molecule has 4 nitrogen and oxygen atoms in total. The third-order valence-corrected chi connectivity index (χ3v) is 5.86. The van der Waals surface area contributed by atoms with E-state index in [0.717, 1.165) is 0 Å². The zero-order chi connectivity index (χ0) is 15.2. The third-order valence-electron chi connectivity index (χ3n) is 2.81. The molecule has 0 heterocycles. The van der Waals surface area contributed by atoms with E-state index in [9.17, 15) is 0 Å². The first-order valence-corrected chi connectivity index (χ1v) is 8.50. The van der Waals surface area contributed by atoms with Crippen LogP contribution in [0.15, 0.2) is 0 Å². The number of hydrogen-bond acceptors (Lipinski definition) is 4. The topological polar surface area (TPSA) is 35.9 Å². The van der Waals surface area contributed by atoms with Gasteiger partial charge in [0, 0.05) is 24.2 Å². The largest absolute Gasteiger partial charge is 0.394 e. The second kappa shape index (κ2) is 9.25. The summed E-state index contributed by atoms with van der Waals surface area (Å²) in [5, 5.41) is 9.08. The van der Waals surface area contributed by atoms with Gasteiger partial charge in [0.1, 0.15) is 0 Å². The average Bonchev–Trinajstić information content (AvgIpc) is 2.23. The lowest BCUT2D eigenvalue weighted by Crippen LogP contribution is -2.43. The second-order valence-corrected chi connectivity index (χ2v) is 7.63. The fourth-order valence-electron chi connectivity index (χ4n) is 2.36. The summed E-state index contributed by atoms with van der Waals surface area (Å²) in [6.45, 7) is 18.1. The molecule has 0 spiro atoms. The molecule has 0 aliphatic carbocycles. The van der Waals surface area contributed by atoms with E-state index < -0.39 is 8.45 Å². The lowest BCUT2D eigenvalue weighted by atomic mass is 10.3. The van der Waals surface area contributed by atoms with Gasteiger partial charge in [-0.3, -0.25) is 0 Å². The van der Waals surface area contributed by atoms with Crippen molar-refractivity contribution in [3.05, 3.63) is 0 Å². The highest BCUT2D eigenvalue weighted by molar-refractivity contribution is 7.47. The van der Waals surface area contributed by atoms with Crippen LogP contribution < -0.4 is 0 Å². The van der Waals surface area contributed by atoms with E-state index in [1.807, 2.05) is 0 Å². The third kappa shape index (κ3) is 6.05. The summed E-state index contributed by atoms with van der Waals surface area (Å²) in [5.74, 6) is 0. The highest BCUT2D eigenvalue weighted by Gasteiger charge is 2.34. The summed E-state index contributed by atoms with van der Waals surface area (Å²) in [4.78, 5) is 0. The molecule has 116 valence electrons. The van der Waals surface area contributed by atoms with Crippen molar-refractivity contribution in [1.29, 1.82) is 0 Å². The standard InChI is InChI=1S/C14H33N2O2P/c1-11(2)15(12(3)4)19(18-10-9-17)16(13(5)6)14(7)8/h11-14,17H,9-10H2,1-8H3. The van der Waals surface area contributed by atoms with E-state index in [1.54, 1.807) is 0 Å². The van der Waals surface area contributed by atoms with Crippen molar-refractivity contribution in [1.82, 2.24) is 9.34 Å².